The van der Waals surface area contributed by atoms with Crippen molar-refractivity contribution >= 4 is 17.8 Å². The van der Waals surface area contributed by atoms with Gasteiger partial charge in [0.05, 0.1) is 18.8 Å². The second-order valence-electron chi connectivity index (χ2n) is 11.3. The molecular weight excluding hydrogens is 596 g/mol. The molecule has 5 aromatic rings. The Morgan fingerprint density at radius 2 is 1.57 bits per heavy atom. The van der Waals surface area contributed by atoms with Crippen LogP contribution in [0.5, 0.6) is 0 Å². The van der Waals surface area contributed by atoms with Crippen LogP contribution in [0.4, 0.5) is 4.79 Å². The van der Waals surface area contributed by atoms with E-state index in [2.05, 4.69) is 52.0 Å². The third-order valence-corrected chi connectivity index (χ3v) is 9.17. The molecule has 0 radical (unpaired) electrons. The van der Waals surface area contributed by atoms with Gasteiger partial charge in [0, 0.05) is 50.3 Å². The zero-order chi connectivity index (χ0) is 31.7. The minimum absolute atomic E-state index is 0.0102. The van der Waals surface area contributed by atoms with E-state index >= 15 is 0 Å². The number of carbonyl (C=O) groups excluding carboxylic acids is 1. The molecule has 4 aromatic carbocycles. The second-order valence-corrected chi connectivity index (χ2v) is 12.3. The van der Waals surface area contributed by atoms with Crippen molar-refractivity contribution < 1.29 is 19.4 Å². The second kappa shape index (κ2) is 15.2. The number of ether oxygens (including phenoxy) is 2. The Hall–Kier alpha value is -4.41. The number of benzene rings is 4. The summed E-state index contributed by atoms with van der Waals surface area (Å²) in [5.74, 6) is 0.749. The van der Waals surface area contributed by atoms with Gasteiger partial charge in [-0.2, -0.15) is 0 Å². The Labute approximate surface area is 273 Å². The van der Waals surface area contributed by atoms with Crippen molar-refractivity contribution in [2.45, 2.75) is 49.8 Å². The van der Waals surface area contributed by atoms with Gasteiger partial charge in [0.15, 0.2) is 11.4 Å². The van der Waals surface area contributed by atoms with Gasteiger partial charge < -0.3 is 29.8 Å². The maximum absolute atomic E-state index is 12.4. The fourth-order valence-electron chi connectivity index (χ4n) is 5.40. The van der Waals surface area contributed by atoms with Crippen LogP contribution in [-0.4, -0.2) is 32.5 Å². The van der Waals surface area contributed by atoms with Gasteiger partial charge in [0.2, 0.25) is 0 Å². The lowest BCUT2D eigenvalue weighted by molar-refractivity contribution is -0.245. The Bertz CT molecular complexity index is 1710. The zero-order valence-electron chi connectivity index (χ0n) is 25.7. The molecule has 1 aromatic heterocycles. The first-order valence-electron chi connectivity index (χ1n) is 15.4. The summed E-state index contributed by atoms with van der Waals surface area (Å²) in [5, 5.41) is 16.3. The molecule has 1 saturated heterocycles. The minimum atomic E-state index is -0.526. The first-order chi connectivity index (χ1) is 22.5. The van der Waals surface area contributed by atoms with Crippen LogP contribution < -0.4 is 10.6 Å². The molecule has 2 heterocycles. The number of aliphatic hydroxyl groups excluding tert-OH is 1. The van der Waals surface area contributed by atoms with Crippen LogP contribution in [0.25, 0.3) is 11.1 Å². The van der Waals surface area contributed by atoms with E-state index in [4.69, 9.17) is 9.47 Å². The van der Waals surface area contributed by atoms with E-state index in [0.717, 1.165) is 56.3 Å². The Morgan fingerprint density at radius 1 is 0.848 bits per heavy atom. The largest absolute Gasteiger partial charge is 0.392 e. The van der Waals surface area contributed by atoms with Gasteiger partial charge in [-0.15, -0.1) is 0 Å². The number of hydrogen-bond donors (Lipinski definition) is 3. The molecule has 0 saturated carbocycles. The highest BCUT2D eigenvalue weighted by atomic mass is 32.2. The van der Waals surface area contributed by atoms with Crippen LogP contribution >= 0.6 is 11.8 Å². The molecule has 1 aliphatic rings. The number of hydrogen-bond acceptors (Lipinski definition) is 6. The van der Waals surface area contributed by atoms with Crippen LogP contribution in [0.1, 0.15) is 46.6 Å². The van der Waals surface area contributed by atoms with Crippen molar-refractivity contribution in [2.24, 2.45) is 7.05 Å². The minimum Gasteiger partial charge on any atom is -0.392 e. The average molecular weight is 635 g/mol. The molecule has 0 unspecified atom stereocenters. The van der Waals surface area contributed by atoms with Gasteiger partial charge in [-0.1, -0.05) is 109 Å². The lowest BCUT2D eigenvalue weighted by atomic mass is 9.99. The van der Waals surface area contributed by atoms with E-state index in [1.807, 2.05) is 84.5 Å². The fraction of sp³-hybridized carbons (Fsp3) is 0.243. The van der Waals surface area contributed by atoms with Crippen LogP contribution in [-0.2, 0) is 36.2 Å². The number of amides is 2. The SMILES string of the molecule is Cn1ccnc1SC[C@H]1C[C@@H](c2ccc(CO)cc2)O[C@@H](c2ccc(-c3cccc(CNC(=O)NCc4ccccc4)c3)cc2)O1. The van der Waals surface area contributed by atoms with E-state index in [1.165, 1.54) is 0 Å². The Balaban J connectivity index is 1.11. The van der Waals surface area contributed by atoms with Crippen molar-refractivity contribution in [3.05, 3.63) is 143 Å². The van der Waals surface area contributed by atoms with Gasteiger partial charge in [-0.25, -0.2) is 9.78 Å². The van der Waals surface area contributed by atoms with Crippen LogP contribution in [0, 0.1) is 0 Å². The molecule has 0 bridgehead atoms. The summed E-state index contributed by atoms with van der Waals surface area (Å²) in [5.41, 5.74) is 7.07. The van der Waals surface area contributed by atoms with Crippen LogP contribution in [0.15, 0.2) is 121 Å². The van der Waals surface area contributed by atoms with Crippen molar-refractivity contribution in [3.8, 4) is 11.1 Å². The predicted octanol–water partition coefficient (Wildman–Crippen LogP) is 6.92. The molecule has 9 heteroatoms. The van der Waals surface area contributed by atoms with E-state index in [1.54, 1.807) is 18.0 Å². The van der Waals surface area contributed by atoms with Crippen molar-refractivity contribution in [1.82, 2.24) is 20.2 Å². The summed E-state index contributed by atoms with van der Waals surface area (Å²) < 4.78 is 15.0. The molecule has 236 valence electrons. The molecule has 8 nitrogen and oxygen atoms in total. The number of thioether (sulfide) groups is 1. The number of nitrogens with zero attached hydrogens (tertiary/aromatic N) is 2. The monoisotopic (exact) mass is 634 g/mol. The molecule has 6 rings (SSSR count). The van der Waals surface area contributed by atoms with Gasteiger partial charge in [-0.3, -0.25) is 0 Å². The Morgan fingerprint density at radius 3 is 2.28 bits per heavy atom. The number of aryl methyl sites for hydroxylation is 1. The highest BCUT2D eigenvalue weighted by Crippen LogP contribution is 2.39. The maximum Gasteiger partial charge on any atom is 0.315 e. The lowest BCUT2D eigenvalue weighted by Crippen LogP contribution is -2.34. The van der Waals surface area contributed by atoms with Crippen molar-refractivity contribution in [1.29, 1.82) is 0 Å². The van der Waals surface area contributed by atoms with Gasteiger partial charge >= 0.3 is 6.03 Å². The molecule has 1 fully saturated rings. The maximum atomic E-state index is 12.4. The third-order valence-electron chi connectivity index (χ3n) is 7.98. The van der Waals surface area contributed by atoms with Gasteiger partial charge in [0.1, 0.15) is 0 Å². The molecule has 1 aliphatic heterocycles. The number of aliphatic hydroxyl groups is 1. The summed E-state index contributed by atoms with van der Waals surface area (Å²) in [6.45, 7) is 0.916. The number of nitrogens with one attached hydrogen (secondary N) is 2. The Kier molecular flexibility index (Phi) is 10.5. The summed E-state index contributed by atoms with van der Waals surface area (Å²) in [7, 11) is 1.99. The standard InChI is InChI=1S/C37H38N4O4S/c1-41-19-18-38-37(41)46-25-33-21-34(30-12-10-27(24-42)11-13-30)45-35(44-33)31-16-14-29(15-17-31)32-9-5-8-28(20-32)23-40-36(43)39-22-26-6-3-2-4-7-26/h2-20,33-35,42H,21-25H2,1H3,(H2,39,40,43)/t33-,34+,35+/m1/s1. The summed E-state index contributed by atoms with van der Waals surface area (Å²) >= 11 is 1.68. The number of imidazole rings is 1. The fourth-order valence-corrected chi connectivity index (χ4v) is 6.35. The first-order valence-corrected chi connectivity index (χ1v) is 16.4. The van der Waals surface area contributed by atoms with E-state index in [0.29, 0.717) is 13.1 Å². The molecule has 0 spiro atoms. The lowest BCUT2D eigenvalue weighted by Gasteiger charge is -2.36. The zero-order valence-corrected chi connectivity index (χ0v) is 26.5. The van der Waals surface area contributed by atoms with Crippen molar-refractivity contribution in [2.75, 3.05) is 5.75 Å². The van der Waals surface area contributed by atoms with Gasteiger partial charge in [0.25, 0.3) is 0 Å². The van der Waals surface area contributed by atoms with Crippen molar-refractivity contribution in [3.63, 3.8) is 0 Å². The molecular formula is C37H38N4O4S. The number of carbonyl (C=O) groups is 1. The highest BCUT2D eigenvalue weighted by molar-refractivity contribution is 7.99. The molecule has 3 atom stereocenters. The van der Waals surface area contributed by atoms with E-state index in [9.17, 15) is 9.90 Å². The third kappa shape index (κ3) is 8.24. The van der Waals surface area contributed by atoms with Crippen LogP contribution in [0.2, 0.25) is 0 Å². The summed E-state index contributed by atoms with van der Waals surface area (Å²) in [6, 6.07) is 34.0. The molecule has 46 heavy (non-hydrogen) atoms. The first kappa shape index (κ1) is 31.6. The van der Waals surface area contributed by atoms with Gasteiger partial charge in [-0.05, 0) is 39.4 Å². The van der Waals surface area contributed by atoms with Crippen LogP contribution in [0.3, 0.4) is 0 Å². The van der Waals surface area contributed by atoms with E-state index in [-0.39, 0.29) is 24.8 Å². The predicted molar refractivity (Wildman–Crippen MR) is 180 cm³/mol. The quantitative estimate of drug-likeness (QED) is 0.137. The smallest absolute Gasteiger partial charge is 0.315 e. The molecule has 3 N–H and O–H groups in total. The topological polar surface area (TPSA) is 97.6 Å². The number of urea groups is 1. The summed E-state index contributed by atoms with van der Waals surface area (Å²) in [4.78, 5) is 16.8. The van der Waals surface area contributed by atoms with E-state index < -0.39 is 6.29 Å². The molecule has 0 aliphatic carbocycles. The average Bonchev–Trinajstić information content (AvgIpc) is 3.53. The number of aromatic nitrogens is 2. The highest BCUT2D eigenvalue weighted by Gasteiger charge is 2.32. The summed E-state index contributed by atoms with van der Waals surface area (Å²) in [6.07, 6.45) is 3.75. The number of rotatable bonds is 11. The normalized spacial score (nSPS) is 17.8. The molecule has 2 amide bonds.